The van der Waals surface area contributed by atoms with E-state index in [1.807, 2.05) is 11.3 Å². The standard InChI is InChI=1S/C16H25NS/c1-13(15-5-4-12-18-15)17-14-6-10-16(11-7-14)8-2-3-9-16/h4-5,12-14,17H,2-3,6-11H2,1H3. The van der Waals surface area contributed by atoms with Crippen LogP contribution in [0.15, 0.2) is 17.5 Å². The first-order chi connectivity index (χ1) is 8.77. The van der Waals surface area contributed by atoms with Crippen molar-refractivity contribution in [2.45, 2.75) is 70.4 Å². The maximum atomic E-state index is 3.84. The van der Waals surface area contributed by atoms with Gasteiger partial charge in [0.2, 0.25) is 0 Å². The topological polar surface area (TPSA) is 12.0 Å². The summed E-state index contributed by atoms with van der Waals surface area (Å²) in [5.74, 6) is 0. The maximum absolute atomic E-state index is 3.84. The Labute approximate surface area is 115 Å². The van der Waals surface area contributed by atoms with E-state index in [9.17, 15) is 0 Å². The van der Waals surface area contributed by atoms with Gasteiger partial charge in [0.15, 0.2) is 0 Å². The molecule has 2 aliphatic carbocycles. The van der Waals surface area contributed by atoms with Crippen LogP contribution in [0.5, 0.6) is 0 Å². The fourth-order valence-electron chi connectivity index (χ4n) is 4.00. The number of rotatable bonds is 3. The highest BCUT2D eigenvalue weighted by atomic mass is 32.1. The minimum absolute atomic E-state index is 0.535. The quantitative estimate of drug-likeness (QED) is 0.817. The Bertz CT molecular complexity index is 354. The predicted octanol–water partition coefficient (Wildman–Crippen LogP) is 4.90. The average molecular weight is 263 g/mol. The summed E-state index contributed by atoms with van der Waals surface area (Å²) in [6.45, 7) is 2.31. The molecule has 0 aliphatic heterocycles. The zero-order valence-corrected chi connectivity index (χ0v) is 12.3. The predicted molar refractivity (Wildman–Crippen MR) is 79.0 cm³/mol. The molecule has 0 bridgehead atoms. The molecule has 18 heavy (non-hydrogen) atoms. The van der Waals surface area contributed by atoms with Gasteiger partial charge >= 0.3 is 0 Å². The maximum Gasteiger partial charge on any atom is 0.0388 e. The van der Waals surface area contributed by atoms with Crippen molar-refractivity contribution in [1.29, 1.82) is 0 Å². The van der Waals surface area contributed by atoms with Crippen molar-refractivity contribution in [3.63, 3.8) is 0 Å². The van der Waals surface area contributed by atoms with E-state index in [4.69, 9.17) is 0 Å². The van der Waals surface area contributed by atoms with E-state index in [0.29, 0.717) is 6.04 Å². The molecule has 1 unspecified atom stereocenters. The molecule has 1 aromatic heterocycles. The summed E-state index contributed by atoms with van der Waals surface area (Å²) in [6.07, 6.45) is 11.8. The summed E-state index contributed by atoms with van der Waals surface area (Å²) in [5.41, 5.74) is 0.768. The molecular formula is C16H25NS. The van der Waals surface area contributed by atoms with Crippen LogP contribution in [0.4, 0.5) is 0 Å². The molecule has 1 atom stereocenters. The average Bonchev–Trinajstić information content (AvgIpc) is 3.04. The summed E-state index contributed by atoms with van der Waals surface area (Å²) in [7, 11) is 0. The van der Waals surface area contributed by atoms with Crippen molar-refractivity contribution in [2.24, 2.45) is 5.41 Å². The van der Waals surface area contributed by atoms with Crippen molar-refractivity contribution in [2.75, 3.05) is 0 Å². The second kappa shape index (κ2) is 5.34. The first-order valence-corrected chi connectivity index (χ1v) is 8.45. The summed E-state index contributed by atoms with van der Waals surface area (Å²) in [4.78, 5) is 1.48. The molecule has 1 aromatic rings. The van der Waals surface area contributed by atoms with Crippen molar-refractivity contribution in [3.8, 4) is 0 Å². The molecule has 0 saturated heterocycles. The molecule has 0 aromatic carbocycles. The zero-order chi connectivity index (χ0) is 12.4. The van der Waals surface area contributed by atoms with Crippen LogP contribution in [0.3, 0.4) is 0 Å². The van der Waals surface area contributed by atoms with Gasteiger partial charge in [-0.05, 0) is 62.3 Å². The largest absolute Gasteiger partial charge is 0.307 e. The summed E-state index contributed by atoms with van der Waals surface area (Å²) < 4.78 is 0. The van der Waals surface area contributed by atoms with Crippen LogP contribution in [-0.2, 0) is 0 Å². The zero-order valence-electron chi connectivity index (χ0n) is 11.5. The van der Waals surface area contributed by atoms with Gasteiger partial charge in [-0.2, -0.15) is 0 Å². The summed E-state index contributed by atoms with van der Waals surface area (Å²) in [6, 6.07) is 5.71. The van der Waals surface area contributed by atoms with Crippen LogP contribution in [-0.4, -0.2) is 6.04 Å². The number of hydrogen-bond donors (Lipinski definition) is 1. The van der Waals surface area contributed by atoms with Crippen LogP contribution >= 0.6 is 11.3 Å². The molecule has 2 heteroatoms. The van der Waals surface area contributed by atoms with Gasteiger partial charge < -0.3 is 5.32 Å². The van der Waals surface area contributed by atoms with Crippen LogP contribution in [0.2, 0.25) is 0 Å². The first-order valence-electron chi connectivity index (χ1n) is 7.57. The highest BCUT2D eigenvalue weighted by Crippen LogP contribution is 2.49. The molecule has 0 amide bonds. The van der Waals surface area contributed by atoms with Crippen molar-refractivity contribution in [3.05, 3.63) is 22.4 Å². The van der Waals surface area contributed by atoms with Crippen molar-refractivity contribution in [1.82, 2.24) is 5.32 Å². The van der Waals surface area contributed by atoms with Gasteiger partial charge in [-0.25, -0.2) is 0 Å². The van der Waals surface area contributed by atoms with Gasteiger partial charge in [0.25, 0.3) is 0 Å². The molecule has 3 rings (SSSR count). The number of nitrogens with one attached hydrogen (secondary N) is 1. The molecule has 2 saturated carbocycles. The molecule has 2 aliphatic rings. The fraction of sp³-hybridized carbons (Fsp3) is 0.750. The monoisotopic (exact) mass is 263 g/mol. The van der Waals surface area contributed by atoms with Gasteiger partial charge in [-0.3, -0.25) is 0 Å². The van der Waals surface area contributed by atoms with E-state index in [2.05, 4.69) is 29.8 Å². The molecule has 1 heterocycles. The van der Waals surface area contributed by atoms with Crippen LogP contribution < -0.4 is 5.32 Å². The Hall–Kier alpha value is -0.340. The lowest BCUT2D eigenvalue weighted by Gasteiger charge is -2.38. The lowest BCUT2D eigenvalue weighted by atomic mass is 9.71. The minimum Gasteiger partial charge on any atom is -0.307 e. The first kappa shape index (κ1) is 12.7. The minimum atomic E-state index is 0.535. The van der Waals surface area contributed by atoms with Crippen molar-refractivity contribution < 1.29 is 0 Å². The van der Waals surface area contributed by atoms with Crippen LogP contribution in [0.1, 0.15) is 69.2 Å². The summed E-state index contributed by atoms with van der Waals surface area (Å²) in [5, 5.41) is 6.02. The SMILES string of the molecule is CC(NC1CCC2(CCCC2)CC1)c1cccs1. The second-order valence-electron chi connectivity index (χ2n) is 6.39. The Kier molecular flexibility index (Phi) is 3.76. The Morgan fingerprint density at radius 1 is 1.22 bits per heavy atom. The highest BCUT2D eigenvalue weighted by Gasteiger charge is 2.37. The third-order valence-electron chi connectivity index (χ3n) is 5.17. The fourth-order valence-corrected chi connectivity index (χ4v) is 4.74. The Morgan fingerprint density at radius 3 is 2.56 bits per heavy atom. The molecule has 1 nitrogen and oxygen atoms in total. The number of hydrogen-bond acceptors (Lipinski definition) is 2. The van der Waals surface area contributed by atoms with E-state index in [0.717, 1.165) is 11.5 Å². The molecule has 1 spiro atoms. The van der Waals surface area contributed by atoms with E-state index in [-0.39, 0.29) is 0 Å². The van der Waals surface area contributed by atoms with Gasteiger partial charge in [0, 0.05) is 17.0 Å². The normalized spacial score (nSPS) is 25.6. The third-order valence-corrected chi connectivity index (χ3v) is 6.22. The Morgan fingerprint density at radius 2 is 1.94 bits per heavy atom. The van der Waals surface area contributed by atoms with Crippen molar-refractivity contribution >= 4 is 11.3 Å². The van der Waals surface area contributed by atoms with Crippen LogP contribution in [0, 0.1) is 5.41 Å². The van der Waals surface area contributed by atoms with Gasteiger partial charge in [0.05, 0.1) is 0 Å². The lowest BCUT2D eigenvalue weighted by Crippen LogP contribution is -2.37. The molecule has 1 N–H and O–H groups in total. The summed E-state index contributed by atoms with van der Waals surface area (Å²) >= 11 is 1.88. The van der Waals surface area contributed by atoms with Crippen LogP contribution in [0.25, 0.3) is 0 Å². The molecule has 0 radical (unpaired) electrons. The molecule has 100 valence electrons. The smallest absolute Gasteiger partial charge is 0.0388 e. The van der Waals surface area contributed by atoms with E-state index >= 15 is 0 Å². The van der Waals surface area contributed by atoms with E-state index in [1.165, 1.54) is 56.2 Å². The molecule has 2 fully saturated rings. The number of thiophene rings is 1. The lowest BCUT2D eigenvalue weighted by molar-refractivity contribution is 0.164. The van der Waals surface area contributed by atoms with Gasteiger partial charge in [-0.15, -0.1) is 11.3 Å². The van der Waals surface area contributed by atoms with Gasteiger partial charge in [0.1, 0.15) is 0 Å². The Balaban J connectivity index is 1.51. The van der Waals surface area contributed by atoms with Gasteiger partial charge in [-0.1, -0.05) is 18.9 Å². The molecular weight excluding hydrogens is 238 g/mol. The second-order valence-corrected chi connectivity index (χ2v) is 7.36. The third kappa shape index (κ3) is 2.65. The van der Waals surface area contributed by atoms with E-state index < -0.39 is 0 Å². The highest BCUT2D eigenvalue weighted by molar-refractivity contribution is 7.10. The van der Waals surface area contributed by atoms with E-state index in [1.54, 1.807) is 0 Å².